The van der Waals surface area contributed by atoms with Gasteiger partial charge in [-0.2, -0.15) is 10.3 Å². The molecule has 1 fully saturated rings. The second-order valence-corrected chi connectivity index (χ2v) is 10.9. The summed E-state index contributed by atoms with van der Waals surface area (Å²) in [7, 11) is -3.74. The monoisotopic (exact) mass is 543 g/mol. The van der Waals surface area contributed by atoms with Crippen molar-refractivity contribution in [2.45, 2.75) is 63.1 Å². The Morgan fingerprint density at radius 2 is 2.05 bits per heavy atom. The summed E-state index contributed by atoms with van der Waals surface area (Å²) in [4.78, 5) is 29.1. The van der Waals surface area contributed by atoms with Crippen LogP contribution in [0, 0.1) is 6.92 Å². The Kier molecular flexibility index (Phi) is 7.87. The molecule has 0 spiro atoms. The first-order chi connectivity index (χ1) is 17.5. The summed E-state index contributed by atoms with van der Waals surface area (Å²) in [6.07, 6.45) is -4.18. The van der Waals surface area contributed by atoms with Gasteiger partial charge in [0.2, 0.25) is 0 Å². The molecule has 1 aliphatic rings. The standard InChI is InChI=1S/C19H30N9O8P/c1-9(2)21-16-11-6-20-28(17(11)23-10(3)22-16)18-15(30)14(29)12(36-18)7-35-19(8-34-4,37(31,32)33)5-13-24-26-27-25-13/h6,9,12,14-15,18,29-30H,5,7-8H2,1-4H3,(H,21,22,23)(H2,31,32,33)(H,24,25,26,27)/t12-,14-,15-,18-,19+/m1/s1. The number of tetrazole rings is 1. The highest BCUT2D eigenvalue weighted by molar-refractivity contribution is 7.53. The highest BCUT2D eigenvalue weighted by Crippen LogP contribution is 2.53. The molecular weight excluding hydrogens is 513 g/mol. The van der Waals surface area contributed by atoms with E-state index in [0.29, 0.717) is 22.7 Å². The number of methoxy groups -OCH3 is 1. The molecule has 6 N–H and O–H groups in total. The van der Waals surface area contributed by atoms with Crippen LogP contribution >= 0.6 is 7.60 Å². The van der Waals surface area contributed by atoms with Crippen molar-refractivity contribution >= 4 is 24.4 Å². The SMILES string of the molecule is COC[C@@](Cc1nn[nH]n1)(OC[C@H]1O[C@@H](n2ncc3c(NC(C)C)nc(C)nc32)[C@H](O)[C@@H]1O)P(=O)(O)O. The molecule has 0 radical (unpaired) electrons. The Bertz CT molecular complexity index is 1250. The van der Waals surface area contributed by atoms with Gasteiger partial charge in [-0.05, 0) is 20.8 Å². The van der Waals surface area contributed by atoms with E-state index in [1.165, 1.54) is 18.0 Å². The summed E-state index contributed by atoms with van der Waals surface area (Å²) in [5.74, 6) is 0.997. The fourth-order valence-corrected chi connectivity index (χ4v) is 4.94. The third-order valence-electron chi connectivity index (χ3n) is 5.81. The molecule has 204 valence electrons. The number of hydrogen-bond donors (Lipinski definition) is 6. The molecule has 0 amide bonds. The van der Waals surface area contributed by atoms with Crippen molar-refractivity contribution in [2.75, 3.05) is 25.6 Å². The maximum absolute atomic E-state index is 12.5. The molecular formula is C19H30N9O8P. The fourth-order valence-electron chi connectivity index (χ4n) is 4.06. The second-order valence-electron chi connectivity index (χ2n) is 9.03. The molecule has 3 aromatic rings. The van der Waals surface area contributed by atoms with E-state index in [1.807, 2.05) is 13.8 Å². The molecule has 37 heavy (non-hydrogen) atoms. The number of nitrogens with one attached hydrogen (secondary N) is 2. The van der Waals surface area contributed by atoms with Crippen LogP contribution in [0.1, 0.15) is 31.7 Å². The Labute approximate surface area is 210 Å². The summed E-state index contributed by atoms with van der Waals surface area (Å²) in [6.45, 7) is 4.60. The van der Waals surface area contributed by atoms with E-state index >= 15 is 0 Å². The van der Waals surface area contributed by atoms with Gasteiger partial charge in [-0.25, -0.2) is 14.6 Å². The van der Waals surface area contributed by atoms with Crippen molar-refractivity contribution < 1.29 is 38.8 Å². The molecule has 5 atom stereocenters. The molecule has 0 aromatic carbocycles. The van der Waals surface area contributed by atoms with E-state index in [1.54, 1.807) is 6.92 Å². The number of aromatic amines is 1. The zero-order valence-electron chi connectivity index (χ0n) is 20.6. The van der Waals surface area contributed by atoms with Crippen LogP contribution in [0.3, 0.4) is 0 Å². The minimum Gasteiger partial charge on any atom is -0.387 e. The van der Waals surface area contributed by atoms with E-state index in [0.717, 1.165) is 0 Å². The molecule has 0 unspecified atom stereocenters. The number of aryl methyl sites for hydroxylation is 1. The minimum absolute atomic E-state index is 0.0185. The van der Waals surface area contributed by atoms with Crippen LogP contribution in [-0.2, 0) is 25.2 Å². The van der Waals surface area contributed by atoms with Crippen LogP contribution in [-0.4, -0.2) is 110 Å². The highest BCUT2D eigenvalue weighted by Gasteiger charge is 2.52. The molecule has 1 saturated heterocycles. The number of fused-ring (bicyclic) bond motifs is 1. The minimum atomic E-state index is -4.99. The van der Waals surface area contributed by atoms with Crippen molar-refractivity contribution in [1.82, 2.24) is 40.4 Å². The number of H-pyrrole nitrogens is 1. The maximum Gasteiger partial charge on any atom is 0.359 e. The number of hydrogen-bond acceptors (Lipinski definition) is 13. The number of aliphatic hydroxyl groups is 2. The highest BCUT2D eigenvalue weighted by atomic mass is 31.2. The lowest BCUT2D eigenvalue weighted by molar-refractivity contribution is -0.113. The van der Waals surface area contributed by atoms with Gasteiger partial charge in [0.25, 0.3) is 0 Å². The summed E-state index contributed by atoms with van der Waals surface area (Å²) in [5, 5.41) is 40.5. The predicted octanol–water partition coefficient (Wildman–Crippen LogP) is -1.13. The zero-order valence-corrected chi connectivity index (χ0v) is 21.5. The smallest absolute Gasteiger partial charge is 0.359 e. The third kappa shape index (κ3) is 5.49. The molecule has 0 saturated carbocycles. The number of aliphatic hydroxyl groups excluding tert-OH is 2. The number of rotatable bonds is 11. The first kappa shape index (κ1) is 27.4. The van der Waals surface area contributed by atoms with Crippen LogP contribution in [0.2, 0.25) is 0 Å². The van der Waals surface area contributed by atoms with E-state index in [4.69, 9.17) is 14.2 Å². The average molecular weight is 543 g/mol. The Morgan fingerprint density at radius 1 is 1.30 bits per heavy atom. The van der Waals surface area contributed by atoms with Gasteiger partial charge in [0.05, 0.1) is 31.2 Å². The normalized spacial score (nSPS) is 24.1. The van der Waals surface area contributed by atoms with Gasteiger partial charge >= 0.3 is 7.60 Å². The van der Waals surface area contributed by atoms with Crippen molar-refractivity contribution in [2.24, 2.45) is 0 Å². The lowest BCUT2D eigenvalue weighted by atomic mass is 10.1. The summed E-state index contributed by atoms with van der Waals surface area (Å²) in [5.41, 5.74) is 0.370. The molecule has 18 heteroatoms. The third-order valence-corrected chi connectivity index (χ3v) is 7.29. The van der Waals surface area contributed by atoms with Crippen molar-refractivity contribution in [3.05, 3.63) is 17.8 Å². The van der Waals surface area contributed by atoms with Gasteiger partial charge in [0.1, 0.15) is 30.0 Å². The molecule has 4 rings (SSSR count). The van der Waals surface area contributed by atoms with Gasteiger partial charge in [-0.3, -0.25) is 4.57 Å². The number of nitrogens with zero attached hydrogens (tertiary/aromatic N) is 7. The van der Waals surface area contributed by atoms with Crippen LogP contribution in [0.5, 0.6) is 0 Å². The predicted molar refractivity (Wildman–Crippen MR) is 125 cm³/mol. The fraction of sp³-hybridized carbons (Fsp3) is 0.684. The van der Waals surface area contributed by atoms with Gasteiger partial charge in [0.15, 0.2) is 23.0 Å². The van der Waals surface area contributed by atoms with E-state index in [-0.39, 0.29) is 11.9 Å². The lowest BCUT2D eigenvalue weighted by Crippen LogP contribution is -2.44. The summed E-state index contributed by atoms with van der Waals surface area (Å²) < 4.78 is 30.4. The topological polar surface area (TPSA) is 236 Å². The molecule has 0 aliphatic carbocycles. The largest absolute Gasteiger partial charge is 0.387 e. The van der Waals surface area contributed by atoms with Gasteiger partial charge in [-0.15, -0.1) is 10.2 Å². The average Bonchev–Trinajstić information content (AvgIpc) is 3.52. The number of anilines is 1. The van der Waals surface area contributed by atoms with E-state index in [2.05, 4.69) is 41.0 Å². The van der Waals surface area contributed by atoms with Crippen LogP contribution in [0.25, 0.3) is 11.0 Å². The van der Waals surface area contributed by atoms with Gasteiger partial charge in [0, 0.05) is 13.2 Å². The van der Waals surface area contributed by atoms with E-state index < -0.39 is 57.1 Å². The number of aromatic nitrogens is 8. The van der Waals surface area contributed by atoms with Gasteiger partial charge < -0.3 is 39.5 Å². The molecule has 4 heterocycles. The van der Waals surface area contributed by atoms with Crippen LogP contribution in [0.4, 0.5) is 5.82 Å². The Hall–Kier alpha value is -2.63. The van der Waals surface area contributed by atoms with Crippen molar-refractivity contribution in [3.8, 4) is 0 Å². The van der Waals surface area contributed by atoms with Crippen molar-refractivity contribution in [3.63, 3.8) is 0 Å². The Morgan fingerprint density at radius 3 is 2.68 bits per heavy atom. The quantitative estimate of drug-likeness (QED) is 0.157. The molecule has 0 bridgehead atoms. The lowest BCUT2D eigenvalue weighted by Gasteiger charge is -2.33. The maximum atomic E-state index is 12.5. The molecule has 1 aliphatic heterocycles. The summed E-state index contributed by atoms with van der Waals surface area (Å²) in [6, 6.07) is 0.0892. The van der Waals surface area contributed by atoms with Crippen LogP contribution in [0.15, 0.2) is 6.20 Å². The summed E-state index contributed by atoms with van der Waals surface area (Å²) >= 11 is 0. The zero-order chi connectivity index (χ0) is 27.0. The first-order valence-corrected chi connectivity index (χ1v) is 13.0. The van der Waals surface area contributed by atoms with Crippen molar-refractivity contribution in [1.29, 1.82) is 0 Å². The van der Waals surface area contributed by atoms with Gasteiger partial charge in [-0.1, -0.05) is 5.21 Å². The molecule has 3 aromatic heterocycles. The Balaban J connectivity index is 1.58. The second kappa shape index (κ2) is 10.6. The first-order valence-electron chi connectivity index (χ1n) is 11.4. The van der Waals surface area contributed by atoms with E-state index in [9.17, 15) is 24.6 Å². The molecule has 17 nitrogen and oxygen atoms in total. The number of ether oxygens (including phenoxy) is 3. The van der Waals surface area contributed by atoms with Crippen LogP contribution < -0.4 is 5.32 Å².